The SMILES string of the molecule is Cc1ncsc1-c1ccc([C@H](C)NC(=O)[C@@H]2C[C@@H](O)CN2C(=O)[C@@H](NC(=O)CN2CC3(CCN(C(=O)OC(C)(C)C)CC3)C2)C(C)(C)C)cc1. The summed E-state index contributed by atoms with van der Waals surface area (Å²) in [5.41, 5.74) is 3.68. The predicted molar refractivity (Wildman–Crippen MR) is 192 cm³/mol. The molecule has 3 aliphatic heterocycles. The molecular formula is C37H54N6O6S. The Hall–Kier alpha value is -3.55. The third kappa shape index (κ3) is 8.84. The summed E-state index contributed by atoms with van der Waals surface area (Å²) < 4.78 is 5.52. The molecule has 5 rings (SSSR count). The normalized spacial score (nSPS) is 22.1. The molecule has 1 aromatic heterocycles. The number of aliphatic hydroxyl groups is 1. The van der Waals surface area contributed by atoms with Crippen LogP contribution in [0.4, 0.5) is 4.79 Å². The first kappa shape index (κ1) is 37.7. The summed E-state index contributed by atoms with van der Waals surface area (Å²) in [5, 5.41) is 16.6. The molecule has 0 unspecified atom stereocenters. The van der Waals surface area contributed by atoms with Crippen LogP contribution in [0.3, 0.4) is 0 Å². The summed E-state index contributed by atoms with van der Waals surface area (Å²) in [6, 6.07) is 5.91. The number of β-amino-alcohol motifs (C(OH)–C–C–N with tert-alkyl or cyclic N) is 1. The quantitative estimate of drug-likeness (QED) is 0.371. The minimum Gasteiger partial charge on any atom is -0.444 e. The lowest BCUT2D eigenvalue weighted by Gasteiger charge is -2.53. The fourth-order valence-corrected chi connectivity index (χ4v) is 8.06. The van der Waals surface area contributed by atoms with E-state index in [0.29, 0.717) is 13.1 Å². The number of nitrogens with one attached hydrogen (secondary N) is 2. The number of piperidine rings is 1. The van der Waals surface area contributed by atoms with Gasteiger partial charge in [-0.1, -0.05) is 45.0 Å². The third-order valence-corrected chi connectivity index (χ3v) is 11.0. The van der Waals surface area contributed by atoms with Gasteiger partial charge in [0.15, 0.2) is 0 Å². The van der Waals surface area contributed by atoms with Crippen LogP contribution in [0, 0.1) is 17.8 Å². The molecule has 274 valence electrons. The first-order valence-electron chi connectivity index (χ1n) is 17.6. The number of aromatic nitrogens is 1. The maximum Gasteiger partial charge on any atom is 0.410 e. The van der Waals surface area contributed by atoms with Crippen LogP contribution in [0.1, 0.15) is 85.0 Å². The third-order valence-electron chi connectivity index (χ3n) is 10.0. The molecule has 4 heterocycles. The molecule has 12 nitrogen and oxygen atoms in total. The molecule has 50 heavy (non-hydrogen) atoms. The number of ether oxygens (including phenoxy) is 1. The molecule has 3 aliphatic rings. The Morgan fingerprint density at radius 3 is 2.24 bits per heavy atom. The zero-order valence-corrected chi connectivity index (χ0v) is 31.6. The van der Waals surface area contributed by atoms with Gasteiger partial charge in [-0.05, 0) is 69.4 Å². The highest BCUT2D eigenvalue weighted by Crippen LogP contribution is 2.40. The van der Waals surface area contributed by atoms with Crippen LogP contribution in [-0.2, 0) is 19.1 Å². The van der Waals surface area contributed by atoms with Crippen LogP contribution < -0.4 is 10.6 Å². The largest absolute Gasteiger partial charge is 0.444 e. The molecule has 3 N–H and O–H groups in total. The Morgan fingerprint density at radius 1 is 1.04 bits per heavy atom. The zero-order chi connectivity index (χ0) is 36.6. The average molecular weight is 711 g/mol. The number of benzene rings is 1. The van der Waals surface area contributed by atoms with Crippen molar-refractivity contribution in [1.29, 1.82) is 0 Å². The van der Waals surface area contributed by atoms with Gasteiger partial charge in [-0.3, -0.25) is 19.3 Å². The maximum absolute atomic E-state index is 14.1. The van der Waals surface area contributed by atoms with Gasteiger partial charge in [0.2, 0.25) is 17.7 Å². The summed E-state index contributed by atoms with van der Waals surface area (Å²) in [6.45, 7) is 18.0. The van der Waals surface area contributed by atoms with Crippen molar-refractivity contribution in [2.45, 2.75) is 104 Å². The highest BCUT2D eigenvalue weighted by molar-refractivity contribution is 7.13. The molecule has 1 aromatic carbocycles. The average Bonchev–Trinajstić information content (AvgIpc) is 3.63. The van der Waals surface area contributed by atoms with Gasteiger partial charge in [-0.25, -0.2) is 9.78 Å². The molecule has 13 heteroatoms. The Morgan fingerprint density at radius 2 is 1.68 bits per heavy atom. The van der Waals surface area contributed by atoms with Gasteiger partial charge in [0, 0.05) is 39.1 Å². The summed E-state index contributed by atoms with van der Waals surface area (Å²) >= 11 is 1.58. The number of likely N-dealkylation sites (tertiary alicyclic amines) is 3. The highest BCUT2D eigenvalue weighted by Gasteiger charge is 2.48. The second-order valence-corrected chi connectivity index (χ2v) is 17.3. The molecule has 4 atom stereocenters. The molecule has 1 spiro atoms. The van der Waals surface area contributed by atoms with E-state index in [1.807, 2.05) is 85.2 Å². The van der Waals surface area contributed by atoms with E-state index in [1.54, 1.807) is 16.2 Å². The fraction of sp³-hybridized carbons (Fsp3) is 0.649. The number of hydrogen-bond acceptors (Lipinski definition) is 9. The van der Waals surface area contributed by atoms with Gasteiger partial charge in [-0.2, -0.15) is 0 Å². The van der Waals surface area contributed by atoms with Crippen LogP contribution in [-0.4, -0.2) is 112 Å². The van der Waals surface area contributed by atoms with Crippen molar-refractivity contribution in [3.63, 3.8) is 0 Å². The number of aliphatic hydroxyl groups excluding tert-OH is 1. The topological polar surface area (TPSA) is 144 Å². The summed E-state index contributed by atoms with van der Waals surface area (Å²) in [7, 11) is 0. The van der Waals surface area contributed by atoms with Crippen molar-refractivity contribution in [3.8, 4) is 10.4 Å². The van der Waals surface area contributed by atoms with Gasteiger partial charge < -0.3 is 30.3 Å². The van der Waals surface area contributed by atoms with E-state index in [0.717, 1.165) is 47.6 Å². The second-order valence-electron chi connectivity index (χ2n) is 16.5. The zero-order valence-electron chi connectivity index (χ0n) is 30.7. The smallest absolute Gasteiger partial charge is 0.410 e. The van der Waals surface area contributed by atoms with E-state index in [4.69, 9.17) is 4.74 Å². The van der Waals surface area contributed by atoms with Crippen LogP contribution in [0.25, 0.3) is 10.4 Å². The van der Waals surface area contributed by atoms with Gasteiger partial charge in [-0.15, -0.1) is 11.3 Å². The van der Waals surface area contributed by atoms with Crippen molar-refractivity contribution in [2.24, 2.45) is 10.8 Å². The minimum absolute atomic E-state index is 0.0195. The number of rotatable bonds is 8. The Balaban J connectivity index is 1.15. The monoisotopic (exact) mass is 710 g/mol. The molecule has 0 bridgehead atoms. The molecule has 0 saturated carbocycles. The number of carbonyl (C=O) groups is 4. The van der Waals surface area contributed by atoms with E-state index in [1.165, 1.54) is 4.90 Å². The van der Waals surface area contributed by atoms with Crippen LogP contribution >= 0.6 is 11.3 Å². The van der Waals surface area contributed by atoms with Crippen molar-refractivity contribution < 1.29 is 29.0 Å². The van der Waals surface area contributed by atoms with Crippen molar-refractivity contribution in [2.75, 3.05) is 39.3 Å². The first-order chi connectivity index (χ1) is 23.3. The Kier molecular flexibility index (Phi) is 11.0. The summed E-state index contributed by atoms with van der Waals surface area (Å²) in [4.78, 5) is 64.2. The number of amides is 4. The lowest BCUT2D eigenvalue weighted by atomic mass is 9.72. The summed E-state index contributed by atoms with van der Waals surface area (Å²) in [5.74, 6) is -0.980. The number of nitrogens with zero attached hydrogens (tertiary/aromatic N) is 4. The predicted octanol–water partition coefficient (Wildman–Crippen LogP) is 4.12. The fourth-order valence-electron chi connectivity index (χ4n) is 7.25. The van der Waals surface area contributed by atoms with Gasteiger partial charge in [0.25, 0.3) is 0 Å². The first-order valence-corrected chi connectivity index (χ1v) is 18.5. The van der Waals surface area contributed by atoms with E-state index in [-0.39, 0.29) is 54.8 Å². The minimum atomic E-state index is -0.886. The van der Waals surface area contributed by atoms with Crippen molar-refractivity contribution in [3.05, 3.63) is 41.0 Å². The van der Waals surface area contributed by atoms with Crippen LogP contribution in [0.2, 0.25) is 0 Å². The molecular weight excluding hydrogens is 657 g/mol. The van der Waals surface area contributed by atoms with Crippen LogP contribution in [0.15, 0.2) is 29.8 Å². The molecule has 2 aromatic rings. The highest BCUT2D eigenvalue weighted by atomic mass is 32.1. The number of carbonyl (C=O) groups excluding carboxylic acids is 4. The standard InChI is InChI=1S/C37H54N6O6S/c1-23(25-9-11-26(12-10-25)30-24(2)38-22-50-30)39-32(46)28-17-27(44)18-43(28)33(47)31(35(3,4)5)40-29(45)19-41-20-37(21-41)13-15-42(16-14-37)34(48)49-36(6,7)8/h9-12,22-23,27-28,31,44H,13-21H2,1-8H3,(H,39,46)(H,40,45)/t23-,27+,28-,31+/m0/s1. The number of hydrogen-bond donors (Lipinski definition) is 3. The van der Waals surface area contributed by atoms with Gasteiger partial charge >= 0.3 is 6.09 Å². The maximum atomic E-state index is 14.1. The molecule has 0 aliphatic carbocycles. The lowest BCUT2D eigenvalue weighted by molar-refractivity contribution is -0.145. The van der Waals surface area contributed by atoms with E-state index in [2.05, 4.69) is 20.5 Å². The van der Waals surface area contributed by atoms with Crippen LogP contribution in [0.5, 0.6) is 0 Å². The number of thiazole rings is 1. The molecule has 0 radical (unpaired) electrons. The van der Waals surface area contributed by atoms with Crippen molar-refractivity contribution >= 4 is 35.2 Å². The second kappa shape index (κ2) is 14.6. The lowest BCUT2D eigenvalue weighted by Crippen LogP contribution is -2.63. The molecule has 3 fully saturated rings. The summed E-state index contributed by atoms with van der Waals surface area (Å²) in [6.07, 6.45) is 0.700. The molecule has 4 amide bonds. The van der Waals surface area contributed by atoms with Gasteiger partial charge in [0.05, 0.1) is 34.8 Å². The Bertz CT molecular complexity index is 1550. The van der Waals surface area contributed by atoms with E-state index >= 15 is 0 Å². The Labute approximate surface area is 299 Å². The van der Waals surface area contributed by atoms with Crippen molar-refractivity contribution in [1.82, 2.24) is 30.3 Å². The van der Waals surface area contributed by atoms with E-state index < -0.39 is 29.2 Å². The van der Waals surface area contributed by atoms with Gasteiger partial charge in [0.1, 0.15) is 17.7 Å². The number of aryl methyl sites for hydroxylation is 1. The van der Waals surface area contributed by atoms with E-state index in [9.17, 15) is 24.3 Å². The molecule has 3 saturated heterocycles.